The summed E-state index contributed by atoms with van der Waals surface area (Å²) >= 11 is 3.19. The Morgan fingerprint density at radius 2 is 1.67 bits per heavy atom. The van der Waals surface area contributed by atoms with Gasteiger partial charge in [0.2, 0.25) is 11.6 Å². The molecule has 362 valence electrons. The molecule has 0 unspecified atom stereocenters. The van der Waals surface area contributed by atoms with Crippen LogP contribution in [-0.2, 0) is 30.3 Å². The Morgan fingerprint density at radius 1 is 1.01 bits per heavy atom. The minimum absolute atomic E-state index is 0.0347. The molecule has 1 aliphatic carbocycles. The lowest BCUT2D eigenvalue weighted by atomic mass is 9.78. The number of esters is 1. The number of fused-ring (bicyclic) bond motifs is 14. The lowest BCUT2D eigenvalue weighted by Crippen LogP contribution is -2.49. The number of nitrogens with one attached hydrogen (secondary N) is 1. The number of nitro groups is 1. The van der Waals surface area contributed by atoms with Crippen molar-refractivity contribution in [3.05, 3.63) is 90.8 Å². The van der Waals surface area contributed by atoms with Crippen LogP contribution in [0.5, 0.6) is 11.5 Å². The maximum Gasteiger partial charge on any atom is 0.382 e. The molecule has 0 saturated carbocycles. The van der Waals surface area contributed by atoms with Crippen molar-refractivity contribution in [1.29, 1.82) is 0 Å². The van der Waals surface area contributed by atoms with Crippen LogP contribution >= 0.6 is 15.9 Å². The van der Waals surface area contributed by atoms with Crippen LogP contribution < -0.4 is 10.1 Å². The monoisotopic (exact) mass is 997 g/mol. The molecule has 0 radical (unpaired) electrons. The number of ketones is 3. The van der Waals surface area contributed by atoms with Crippen molar-refractivity contribution in [2.75, 3.05) is 20.2 Å². The number of rotatable bonds is 6. The number of amides is 1. The van der Waals surface area contributed by atoms with Crippen molar-refractivity contribution in [1.82, 2.24) is 19.8 Å². The number of allylic oxidation sites excluding steroid dienone is 4. The fourth-order valence-corrected chi connectivity index (χ4v) is 9.59. The first-order valence-electron chi connectivity index (χ1n) is 21.7. The summed E-state index contributed by atoms with van der Waals surface area (Å²) in [5.74, 6) is -10.5. The molecule has 1 aromatic carbocycles. The molecule has 0 spiro atoms. The molecule has 1 aromatic heterocycles. The lowest BCUT2D eigenvalue weighted by molar-refractivity contribution is -0.389. The third-order valence-corrected chi connectivity index (χ3v) is 13.9. The molecule has 4 aliphatic heterocycles. The number of aromatic nitrogens is 2. The van der Waals surface area contributed by atoms with Crippen LogP contribution in [0, 0.1) is 40.7 Å². The first-order chi connectivity index (χ1) is 31.4. The largest absolute Gasteiger partial charge is 0.507 e. The summed E-state index contributed by atoms with van der Waals surface area (Å²) in [6.45, 7) is 11.8. The molecule has 9 atom stereocenters. The van der Waals surface area contributed by atoms with E-state index in [-0.39, 0.29) is 65.4 Å². The zero-order valence-corrected chi connectivity index (χ0v) is 40.2. The van der Waals surface area contributed by atoms with E-state index in [9.17, 15) is 49.7 Å². The Morgan fingerprint density at radius 3 is 2.27 bits per heavy atom. The predicted molar refractivity (Wildman–Crippen MR) is 241 cm³/mol. The van der Waals surface area contributed by atoms with Gasteiger partial charge in [0.25, 0.3) is 16.4 Å². The van der Waals surface area contributed by atoms with Gasteiger partial charge < -0.3 is 59.7 Å². The van der Waals surface area contributed by atoms with Crippen molar-refractivity contribution in [3.63, 3.8) is 0 Å². The molecule has 7 rings (SSSR count). The summed E-state index contributed by atoms with van der Waals surface area (Å²) in [4.78, 5) is 86.9. The summed E-state index contributed by atoms with van der Waals surface area (Å²) in [7, 11) is 1.40. The minimum Gasteiger partial charge on any atom is -0.507 e. The summed E-state index contributed by atoms with van der Waals surface area (Å²) in [6, 6.07) is 0. The van der Waals surface area contributed by atoms with Crippen molar-refractivity contribution < 1.29 is 68.3 Å². The minimum atomic E-state index is -2.17. The van der Waals surface area contributed by atoms with E-state index in [0.29, 0.717) is 0 Å². The fourth-order valence-electron chi connectivity index (χ4n) is 9.18. The Kier molecular flexibility index (Phi) is 14.7. The molecule has 1 amide bonds. The zero-order chi connectivity index (χ0) is 49.6. The number of likely N-dealkylation sites (tertiary alicyclic amines) is 1. The number of hydrogen-bond acceptors (Lipinski definition) is 17. The number of benzene rings is 1. The maximum atomic E-state index is 15.1. The van der Waals surface area contributed by atoms with E-state index >= 15 is 4.79 Å². The number of aliphatic hydroxyl groups is 3. The molecular weight excluding hydrogens is 942 g/mol. The number of phenolic OH excluding ortho intramolecular Hbond substituents is 1. The molecule has 67 heavy (non-hydrogen) atoms. The number of carbonyl (C=O) groups excluding carboxylic acids is 5. The van der Waals surface area contributed by atoms with Crippen LogP contribution in [0.25, 0.3) is 0 Å². The number of piperidine rings is 1. The van der Waals surface area contributed by atoms with Crippen LogP contribution in [0.4, 0.5) is 5.82 Å². The van der Waals surface area contributed by atoms with E-state index in [1.165, 1.54) is 68.7 Å². The van der Waals surface area contributed by atoms with Gasteiger partial charge >= 0.3 is 17.6 Å². The summed E-state index contributed by atoms with van der Waals surface area (Å²) in [6.07, 6.45) is 4.12. The number of aromatic hydroxyl groups is 1. The highest BCUT2D eigenvalue weighted by atomic mass is 79.9. The number of halogens is 1. The number of Topliss-reactive ketones (excluding diaryl/α,β-unsaturated/α-hetero) is 3. The van der Waals surface area contributed by atoms with Crippen molar-refractivity contribution in [2.24, 2.45) is 23.7 Å². The molecule has 5 aliphatic rings. The van der Waals surface area contributed by atoms with Crippen molar-refractivity contribution in [3.8, 4) is 11.5 Å². The van der Waals surface area contributed by atoms with Gasteiger partial charge in [-0.05, 0) is 42.7 Å². The number of phenols is 1. The van der Waals surface area contributed by atoms with Crippen molar-refractivity contribution in [2.45, 2.75) is 111 Å². The van der Waals surface area contributed by atoms with E-state index in [1.807, 2.05) is 0 Å². The molecule has 20 nitrogen and oxygen atoms in total. The van der Waals surface area contributed by atoms with E-state index in [2.05, 4.69) is 26.2 Å². The summed E-state index contributed by atoms with van der Waals surface area (Å²) in [5, 5.41) is 60.3. The molecule has 5 bridgehead atoms. The number of hydrogen-bond donors (Lipinski definition) is 5. The highest BCUT2D eigenvalue weighted by Gasteiger charge is 2.53. The van der Waals surface area contributed by atoms with Crippen LogP contribution in [-0.4, -0.2) is 125 Å². The Labute approximate surface area is 394 Å². The number of nitrogens with zero attached hydrogens (tertiary/aromatic N) is 4. The van der Waals surface area contributed by atoms with Gasteiger partial charge in [-0.3, -0.25) is 28.5 Å². The topological polar surface area (TPSA) is 279 Å². The second-order valence-electron chi connectivity index (χ2n) is 18.0. The zero-order valence-electron chi connectivity index (χ0n) is 38.6. The predicted octanol–water partition coefficient (Wildman–Crippen LogP) is 4.35. The lowest BCUT2D eigenvalue weighted by Gasteiger charge is -2.41. The first kappa shape index (κ1) is 50.7. The highest BCUT2D eigenvalue weighted by Crippen LogP contribution is 2.49. The van der Waals surface area contributed by atoms with E-state index in [1.54, 1.807) is 33.8 Å². The number of methoxy groups -OCH3 is 1. The van der Waals surface area contributed by atoms with Gasteiger partial charge in [0.05, 0.1) is 53.4 Å². The van der Waals surface area contributed by atoms with Crippen LogP contribution in [0.15, 0.2) is 58.5 Å². The standard InChI is InChI=1S/C46H56BrN5O15/c1-21-11-10-12-22(2)43(60)49-33-34(50-16-14-46(61,15-17-50)20-51-19-29(52(62)63)48-44(51)47)39(58)30-31(38(33)57)37(56)26(6)41-32(30)42(59)45(8,67-41)65-18-13-28(64-9)23(3)40(66-27(7)53)25(5)36(55)24(4)35(21)54/h10-13,18-19,21,23-25,28,35-36,40,54-56,61H,14-17,20H2,1-9H3,(H,49,60)/b11-10+,18-13+,22-12-/t21-,23+,24+,25+,28-,35-,36+,40+,45-/m0/s1. The summed E-state index contributed by atoms with van der Waals surface area (Å²) < 4.78 is 25.0. The second kappa shape index (κ2) is 19.5. The second-order valence-corrected chi connectivity index (χ2v) is 18.7. The van der Waals surface area contributed by atoms with Gasteiger partial charge in [-0.15, -0.1) is 0 Å². The van der Waals surface area contributed by atoms with Gasteiger partial charge in [0.1, 0.15) is 35.2 Å². The van der Waals surface area contributed by atoms with E-state index in [0.717, 1.165) is 6.26 Å². The Bertz CT molecular complexity index is 2500. The van der Waals surface area contributed by atoms with Gasteiger partial charge in [0.15, 0.2) is 0 Å². The van der Waals surface area contributed by atoms with Gasteiger partial charge in [-0.2, -0.15) is 0 Å². The van der Waals surface area contributed by atoms with Crippen LogP contribution in [0.2, 0.25) is 0 Å². The third-order valence-electron chi connectivity index (χ3n) is 13.3. The van der Waals surface area contributed by atoms with E-state index in [4.69, 9.17) is 18.9 Å². The summed E-state index contributed by atoms with van der Waals surface area (Å²) in [5.41, 5.74) is -3.69. The molecule has 1 saturated heterocycles. The fraction of sp³-hybridized carbons (Fsp3) is 0.522. The SMILES string of the molecule is CO[C@H]1/C=C/O[C@@]2(C)Oc3c(C)c(O)c4c(c3C2=O)C(=O)C(N2CCC(O)(Cn3cc([N+](=O)[O-])nc3Br)CC2)=C(NC(=O)/C(C)=C\C=C\[C@H](C)[C@H](O)[C@@H](C)[C@@H](O)[C@@H](C)[C@H](OC(C)=O)[C@@H]1C)C4=O. The average molecular weight is 999 g/mol. The molecular formula is C46H56BrN5O15. The quantitative estimate of drug-likeness (QED) is 0.153. The molecule has 5 heterocycles. The number of imidazole rings is 1. The van der Waals surface area contributed by atoms with Gasteiger partial charge in [-0.1, -0.05) is 45.9 Å². The van der Waals surface area contributed by atoms with Gasteiger partial charge in [0, 0.05) is 84.8 Å². The molecule has 1 fully saturated rings. The average Bonchev–Trinajstić information content (AvgIpc) is 3.77. The van der Waals surface area contributed by atoms with Gasteiger partial charge in [-0.25, -0.2) is 0 Å². The third kappa shape index (κ3) is 9.69. The number of carbonyl (C=O) groups is 5. The van der Waals surface area contributed by atoms with E-state index < -0.39 is 122 Å². The molecule has 21 heteroatoms. The van der Waals surface area contributed by atoms with Crippen LogP contribution in [0.3, 0.4) is 0 Å². The van der Waals surface area contributed by atoms with Crippen LogP contribution in [0.1, 0.15) is 97.9 Å². The molecule has 2 aromatic rings. The first-order valence-corrected chi connectivity index (χ1v) is 22.5. The number of aliphatic hydroxyl groups excluding tert-OH is 2. The Balaban J connectivity index is 1.45. The smallest absolute Gasteiger partial charge is 0.382 e. The normalized spacial score (nSPS) is 31.1. The van der Waals surface area contributed by atoms with Crippen molar-refractivity contribution >= 4 is 51.0 Å². The molecule has 5 N–H and O–H groups in total. The Hall–Kier alpha value is -5.74. The maximum absolute atomic E-state index is 15.1. The number of ether oxygens (including phenoxy) is 4. The highest BCUT2D eigenvalue weighted by molar-refractivity contribution is 9.10.